The van der Waals surface area contributed by atoms with Gasteiger partial charge in [0.25, 0.3) is 0 Å². The third-order valence-electron chi connectivity index (χ3n) is 2.79. The standard InChI is InChI=1S/C11H12O3S/c1-8-6-10-3-2-9(4-5-12)7-11(10)15(8,13)14/h2-3,5,7-8H,4,6H2,1H3. The van der Waals surface area contributed by atoms with Crippen LogP contribution in [0.1, 0.15) is 18.1 Å². The van der Waals surface area contributed by atoms with Crippen molar-refractivity contribution >= 4 is 16.1 Å². The molecular formula is C11H12O3S. The number of fused-ring (bicyclic) bond motifs is 1. The van der Waals surface area contributed by atoms with E-state index >= 15 is 0 Å². The molecule has 0 N–H and O–H groups in total. The van der Waals surface area contributed by atoms with E-state index in [1.54, 1.807) is 13.0 Å². The van der Waals surface area contributed by atoms with E-state index in [-0.39, 0.29) is 11.7 Å². The topological polar surface area (TPSA) is 51.2 Å². The van der Waals surface area contributed by atoms with Gasteiger partial charge in [0.1, 0.15) is 6.29 Å². The fourth-order valence-electron chi connectivity index (χ4n) is 1.89. The smallest absolute Gasteiger partial charge is 0.181 e. The van der Waals surface area contributed by atoms with Gasteiger partial charge in [-0.1, -0.05) is 12.1 Å². The second kappa shape index (κ2) is 3.45. The summed E-state index contributed by atoms with van der Waals surface area (Å²) in [4.78, 5) is 10.8. The zero-order valence-electron chi connectivity index (χ0n) is 8.43. The molecule has 0 radical (unpaired) electrons. The molecule has 80 valence electrons. The molecular weight excluding hydrogens is 212 g/mol. The molecule has 15 heavy (non-hydrogen) atoms. The lowest BCUT2D eigenvalue weighted by molar-refractivity contribution is -0.107. The minimum absolute atomic E-state index is 0.275. The van der Waals surface area contributed by atoms with Gasteiger partial charge in [-0.15, -0.1) is 0 Å². The lowest BCUT2D eigenvalue weighted by Crippen LogP contribution is -2.11. The predicted octanol–water partition coefficient (Wildman–Crippen LogP) is 1.15. The van der Waals surface area contributed by atoms with Crippen LogP contribution in [-0.2, 0) is 27.5 Å². The molecule has 3 nitrogen and oxygen atoms in total. The second-order valence-electron chi connectivity index (χ2n) is 3.87. The molecule has 1 unspecified atom stereocenters. The van der Waals surface area contributed by atoms with Crippen LogP contribution in [0.4, 0.5) is 0 Å². The van der Waals surface area contributed by atoms with Crippen LogP contribution in [-0.4, -0.2) is 20.0 Å². The van der Waals surface area contributed by atoms with Gasteiger partial charge in [-0.25, -0.2) is 8.42 Å². The Hall–Kier alpha value is -1.16. The summed E-state index contributed by atoms with van der Waals surface area (Å²) in [6, 6.07) is 5.26. The van der Waals surface area contributed by atoms with Crippen LogP contribution in [0, 0.1) is 0 Å². The Balaban J connectivity index is 2.55. The highest BCUT2D eigenvalue weighted by Gasteiger charge is 2.33. The number of carbonyl (C=O) groups is 1. The molecule has 4 heteroatoms. The third kappa shape index (κ3) is 1.59. The first kappa shape index (κ1) is 10.4. The average Bonchev–Trinajstić information content (AvgIpc) is 2.40. The van der Waals surface area contributed by atoms with Gasteiger partial charge in [0.15, 0.2) is 9.84 Å². The van der Waals surface area contributed by atoms with Gasteiger partial charge in [0.05, 0.1) is 10.1 Å². The zero-order valence-corrected chi connectivity index (χ0v) is 9.25. The van der Waals surface area contributed by atoms with Crippen LogP contribution in [0.25, 0.3) is 0 Å². The first-order chi connectivity index (χ1) is 7.05. The van der Waals surface area contributed by atoms with Gasteiger partial charge in [-0.05, 0) is 30.5 Å². The maximum Gasteiger partial charge on any atom is 0.181 e. The fraction of sp³-hybridized carbons (Fsp3) is 0.364. The molecule has 0 amide bonds. The zero-order chi connectivity index (χ0) is 11.1. The monoisotopic (exact) mass is 224 g/mol. The average molecular weight is 224 g/mol. The highest BCUT2D eigenvalue weighted by molar-refractivity contribution is 7.92. The molecule has 1 aliphatic rings. The van der Waals surface area contributed by atoms with E-state index in [4.69, 9.17) is 0 Å². The number of benzene rings is 1. The molecule has 0 aliphatic carbocycles. The van der Waals surface area contributed by atoms with Crippen molar-refractivity contribution in [2.24, 2.45) is 0 Å². The van der Waals surface area contributed by atoms with Gasteiger partial charge in [0.2, 0.25) is 0 Å². The molecule has 0 aromatic heterocycles. The van der Waals surface area contributed by atoms with Crippen molar-refractivity contribution in [2.45, 2.75) is 29.9 Å². The van der Waals surface area contributed by atoms with Crippen LogP contribution in [0.2, 0.25) is 0 Å². The van der Waals surface area contributed by atoms with E-state index in [1.807, 2.05) is 12.1 Å². The Bertz CT molecular complexity index is 503. The summed E-state index contributed by atoms with van der Waals surface area (Å²) < 4.78 is 23.7. The molecule has 0 fully saturated rings. The summed E-state index contributed by atoms with van der Waals surface area (Å²) in [5, 5.41) is -0.334. The summed E-state index contributed by atoms with van der Waals surface area (Å²) >= 11 is 0. The quantitative estimate of drug-likeness (QED) is 0.708. The first-order valence-corrected chi connectivity index (χ1v) is 6.39. The summed E-state index contributed by atoms with van der Waals surface area (Å²) in [5.74, 6) is 0. The fourth-order valence-corrected chi connectivity index (χ4v) is 3.56. The van der Waals surface area contributed by atoms with Crippen molar-refractivity contribution < 1.29 is 13.2 Å². The van der Waals surface area contributed by atoms with Crippen molar-refractivity contribution in [2.75, 3.05) is 0 Å². The van der Waals surface area contributed by atoms with Crippen molar-refractivity contribution in [3.63, 3.8) is 0 Å². The van der Waals surface area contributed by atoms with E-state index in [1.165, 1.54) is 0 Å². The molecule has 0 saturated heterocycles. The van der Waals surface area contributed by atoms with Crippen molar-refractivity contribution in [1.29, 1.82) is 0 Å². The van der Waals surface area contributed by atoms with E-state index in [9.17, 15) is 13.2 Å². The second-order valence-corrected chi connectivity index (χ2v) is 6.21. The number of rotatable bonds is 2. The largest absolute Gasteiger partial charge is 0.303 e. The summed E-state index contributed by atoms with van der Waals surface area (Å²) in [6.45, 7) is 1.72. The number of carbonyl (C=O) groups excluding carboxylic acids is 1. The minimum Gasteiger partial charge on any atom is -0.303 e. The molecule has 0 saturated carbocycles. The highest BCUT2D eigenvalue weighted by Crippen LogP contribution is 2.31. The maximum absolute atomic E-state index is 11.9. The van der Waals surface area contributed by atoms with Crippen LogP contribution in [0.15, 0.2) is 23.1 Å². The summed E-state index contributed by atoms with van der Waals surface area (Å²) in [6.07, 6.45) is 1.64. The van der Waals surface area contributed by atoms with Crippen LogP contribution >= 0.6 is 0 Å². The molecule has 0 bridgehead atoms. The van der Waals surface area contributed by atoms with Crippen molar-refractivity contribution in [1.82, 2.24) is 0 Å². The van der Waals surface area contributed by atoms with Gasteiger partial charge in [-0.2, -0.15) is 0 Å². The molecule has 1 aromatic carbocycles. The number of hydrogen-bond donors (Lipinski definition) is 0. The van der Waals surface area contributed by atoms with Crippen molar-refractivity contribution in [3.8, 4) is 0 Å². The van der Waals surface area contributed by atoms with Gasteiger partial charge in [0, 0.05) is 6.42 Å². The number of aldehydes is 1. The van der Waals surface area contributed by atoms with Crippen LogP contribution < -0.4 is 0 Å². The van der Waals surface area contributed by atoms with Crippen molar-refractivity contribution in [3.05, 3.63) is 29.3 Å². The van der Waals surface area contributed by atoms with Crippen LogP contribution in [0.3, 0.4) is 0 Å². The molecule has 1 atom stereocenters. The minimum atomic E-state index is -3.14. The molecule has 1 aliphatic heterocycles. The molecule has 1 aromatic rings. The van der Waals surface area contributed by atoms with E-state index in [0.29, 0.717) is 11.3 Å². The Morgan fingerprint density at radius 1 is 1.47 bits per heavy atom. The number of hydrogen-bond acceptors (Lipinski definition) is 3. The van der Waals surface area contributed by atoms with Gasteiger partial charge < -0.3 is 4.79 Å². The Morgan fingerprint density at radius 3 is 2.87 bits per heavy atom. The number of sulfone groups is 1. The predicted molar refractivity (Wildman–Crippen MR) is 56.6 cm³/mol. The Kier molecular flexibility index (Phi) is 2.38. The van der Waals surface area contributed by atoms with E-state index < -0.39 is 9.84 Å². The third-order valence-corrected chi connectivity index (χ3v) is 5.01. The lowest BCUT2D eigenvalue weighted by atomic mass is 10.1. The Labute approximate surface area is 89.0 Å². The summed E-state index contributed by atoms with van der Waals surface area (Å²) in [5.41, 5.74) is 1.64. The molecule has 0 spiro atoms. The maximum atomic E-state index is 11.9. The lowest BCUT2D eigenvalue weighted by Gasteiger charge is -2.02. The Morgan fingerprint density at radius 2 is 2.20 bits per heavy atom. The van der Waals surface area contributed by atoms with Gasteiger partial charge in [-0.3, -0.25) is 0 Å². The molecule has 2 rings (SSSR count). The van der Waals surface area contributed by atoms with Crippen LogP contribution in [0.5, 0.6) is 0 Å². The van der Waals surface area contributed by atoms with Gasteiger partial charge >= 0.3 is 0 Å². The summed E-state index contributed by atoms with van der Waals surface area (Å²) in [7, 11) is -3.14. The first-order valence-electron chi connectivity index (χ1n) is 4.85. The highest BCUT2D eigenvalue weighted by atomic mass is 32.2. The normalized spacial score (nSPS) is 22.3. The van der Waals surface area contributed by atoms with E-state index in [0.717, 1.165) is 17.4 Å². The van der Waals surface area contributed by atoms with E-state index in [2.05, 4.69) is 0 Å². The SMILES string of the molecule is CC1Cc2ccc(CC=O)cc2S1(=O)=O. The molecule has 1 heterocycles.